The summed E-state index contributed by atoms with van der Waals surface area (Å²) in [6, 6.07) is 5.26. The minimum atomic E-state index is -0.115. The fourth-order valence-electron chi connectivity index (χ4n) is 2.22. The van der Waals surface area contributed by atoms with Crippen molar-refractivity contribution in [3.63, 3.8) is 0 Å². The van der Waals surface area contributed by atoms with E-state index in [9.17, 15) is 9.59 Å². The molecule has 0 bridgehead atoms. The Hall–Kier alpha value is -2.04. The van der Waals surface area contributed by atoms with E-state index in [0.717, 1.165) is 5.56 Å². The van der Waals surface area contributed by atoms with Crippen LogP contribution in [-0.4, -0.2) is 36.3 Å². The highest BCUT2D eigenvalue weighted by Crippen LogP contribution is 2.14. The Morgan fingerprint density at radius 3 is 2.84 bits per heavy atom. The Morgan fingerprint density at radius 2 is 2.21 bits per heavy atom. The number of nitrogens with zero attached hydrogens (tertiary/aromatic N) is 1. The van der Waals surface area contributed by atoms with Gasteiger partial charge in [0.15, 0.2) is 0 Å². The van der Waals surface area contributed by atoms with Crippen molar-refractivity contribution in [2.45, 2.75) is 25.8 Å². The molecule has 1 fully saturated rings. The van der Waals surface area contributed by atoms with Gasteiger partial charge < -0.3 is 16.0 Å². The second-order valence-electron chi connectivity index (χ2n) is 5.05. The minimum absolute atomic E-state index is 0.0214. The van der Waals surface area contributed by atoms with E-state index in [-0.39, 0.29) is 17.9 Å². The summed E-state index contributed by atoms with van der Waals surface area (Å²) in [6.45, 7) is 2.44. The van der Waals surface area contributed by atoms with Crippen LogP contribution in [0.3, 0.4) is 0 Å². The van der Waals surface area contributed by atoms with Crippen molar-refractivity contribution >= 4 is 17.5 Å². The van der Waals surface area contributed by atoms with Crippen molar-refractivity contribution in [2.24, 2.45) is 0 Å². The average molecular weight is 261 g/mol. The highest BCUT2D eigenvalue weighted by atomic mass is 16.2. The summed E-state index contributed by atoms with van der Waals surface area (Å²) in [6.07, 6.45) is 1.19. The Kier molecular flexibility index (Phi) is 3.74. The molecule has 1 aliphatic rings. The van der Waals surface area contributed by atoms with Crippen LogP contribution in [0.2, 0.25) is 0 Å². The predicted octanol–water partition coefficient (Wildman–Crippen LogP) is 0.928. The molecule has 2 rings (SSSR count). The predicted molar refractivity (Wildman–Crippen MR) is 73.7 cm³/mol. The lowest BCUT2D eigenvalue weighted by molar-refractivity contribution is -0.132. The molecule has 1 aliphatic heterocycles. The fraction of sp³-hybridized carbons (Fsp3) is 0.429. The number of rotatable bonds is 2. The average Bonchev–Trinajstić information content (AvgIpc) is 2.37. The van der Waals surface area contributed by atoms with E-state index in [4.69, 9.17) is 5.73 Å². The van der Waals surface area contributed by atoms with E-state index < -0.39 is 0 Å². The summed E-state index contributed by atoms with van der Waals surface area (Å²) in [5, 5.41) is 2.96. The minimum Gasteiger partial charge on any atom is -0.399 e. The van der Waals surface area contributed by atoms with Crippen LogP contribution in [-0.2, 0) is 4.79 Å². The van der Waals surface area contributed by atoms with Crippen molar-refractivity contribution in [1.29, 1.82) is 0 Å². The van der Waals surface area contributed by atoms with Crippen LogP contribution >= 0.6 is 0 Å². The number of carbonyl (C=O) groups is 2. The zero-order chi connectivity index (χ0) is 14.0. The van der Waals surface area contributed by atoms with Crippen LogP contribution in [0.15, 0.2) is 18.2 Å². The SMILES string of the molecule is Cc1cc(C(=O)NC2CCC(=O)N(C)C2)ccc1N. The third-order valence-corrected chi connectivity index (χ3v) is 3.49. The molecule has 0 radical (unpaired) electrons. The summed E-state index contributed by atoms with van der Waals surface area (Å²) in [5.74, 6) is 0.0182. The Bertz CT molecular complexity index is 513. The fourth-order valence-corrected chi connectivity index (χ4v) is 2.22. The molecule has 2 amide bonds. The standard InChI is InChI=1S/C14H19N3O2/c1-9-7-10(3-5-12(9)15)14(19)16-11-4-6-13(18)17(2)8-11/h3,5,7,11H,4,6,8,15H2,1-2H3,(H,16,19). The molecule has 0 spiro atoms. The number of benzene rings is 1. The lowest BCUT2D eigenvalue weighted by atomic mass is 10.0. The number of nitrogens with two attached hydrogens (primary N) is 1. The first kappa shape index (κ1) is 13.4. The van der Waals surface area contributed by atoms with E-state index in [1.807, 2.05) is 6.92 Å². The maximum atomic E-state index is 12.1. The normalized spacial score (nSPS) is 19.4. The van der Waals surface area contributed by atoms with Crippen LogP contribution in [0.5, 0.6) is 0 Å². The Morgan fingerprint density at radius 1 is 1.47 bits per heavy atom. The molecule has 1 aromatic carbocycles. The highest BCUT2D eigenvalue weighted by Gasteiger charge is 2.24. The van der Waals surface area contributed by atoms with Gasteiger partial charge in [-0.3, -0.25) is 9.59 Å². The summed E-state index contributed by atoms with van der Waals surface area (Å²) in [5.41, 5.74) is 7.91. The van der Waals surface area contributed by atoms with Gasteiger partial charge in [-0.05, 0) is 37.1 Å². The largest absolute Gasteiger partial charge is 0.399 e. The number of amides is 2. The van der Waals surface area contributed by atoms with Gasteiger partial charge in [-0.2, -0.15) is 0 Å². The number of piperidine rings is 1. The van der Waals surface area contributed by atoms with Gasteiger partial charge in [0, 0.05) is 37.3 Å². The van der Waals surface area contributed by atoms with Crippen LogP contribution in [0.25, 0.3) is 0 Å². The molecule has 0 saturated carbocycles. The third-order valence-electron chi connectivity index (χ3n) is 3.49. The molecule has 3 N–H and O–H groups in total. The lowest BCUT2D eigenvalue weighted by Crippen LogP contribution is -2.48. The first-order valence-electron chi connectivity index (χ1n) is 6.38. The maximum Gasteiger partial charge on any atom is 0.251 e. The van der Waals surface area contributed by atoms with Gasteiger partial charge in [0.05, 0.1) is 0 Å². The number of nitrogens with one attached hydrogen (secondary N) is 1. The van der Waals surface area contributed by atoms with Gasteiger partial charge in [-0.1, -0.05) is 0 Å². The Balaban J connectivity index is 2.01. The molecule has 5 heteroatoms. The number of nitrogen functional groups attached to an aromatic ring is 1. The number of carbonyl (C=O) groups excluding carboxylic acids is 2. The number of hydrogen-bond acceptors (Lipinski definition) is 3. The second-order valence-corrected chi connectivity index (χ2v) is 5.05. The van der Waals surface area contributed by atoms with E-state index in [0.29, 0.717) is 30.6 Å². The van der Waals surface area contributed by atoms with Gasteiger partial charge in [0.1, 0.15) is 0 Å². The summed E-state index contributed by atoms with van der Waals surface area (Å²) in [4.78, 5) is 25.1. The Labute approximate surface area is 112 Å². The van der Waals surface area contributed by atoms with Crippen LogP contribution in [0, 0.1) is 6.92 Å². The van der Waals surface area contributed by atoms with Crippen molar-refractivity contribution < 1.29 is 9.59 Å². The molecular weight excluding hydrogens is 242 g/mol. The molecular formula is C14H19N3O2. The number of hydrogen-bond donors (Lipinski definition) is 2. The molecule has 1 unspecified atom stereocenters. The molecule has 1 heterocycles. The van der Waals surface area contributed by atoms with Crippen LogP contribution in [0.1, 0.15) is 28.8 Å². The number of likely N-dealkylation sites (N-methyl/N-ethyl adjacent to an activating group) is 1. The number of anilines is 1. The number of aryl methyl sites for hydroxylation is 1. The van der Waals surface area contributed by atoms with Crippen LogP contribution in [0.4, 0.5) is 5.69 Å². The van der Waals surface area contributed by atoms with Crippen LogP contribution < -0.4 is 11.1 Å². The van der Waals surface area contributed by atoms with E-state index in [1.165, 1.54) is 0 Å². The lowest BCUT2D eigenvalue weighted by Gasteiger charge is -2.30. The topological polar surface area (TPSA) is 75.4 Å². The molecule has 19 heavy (non-hydrogen) atoms. The van der Waals surface area contributed by atoms with Gasteiger partial charge in [-0.25, -0.2) is 0 Å². The van der Waals surface area contributed by atoms with Crippen molar-refractivity contribution in [2.75, 3.05) is 19.3 Å². The van der Waals surface area contributed by atoms with Crippen molar-refractivity contribution in [3.8, 4) is 0 Å². The maximum absolute atomic E-state index is 12.1. The quantitative estimate of drug-likeness (QED) is 0.778. The van der Waals surface area contributed by atoms with Crippen molar-refractivity contribution in [3.05, 3.63) is 29.3 Å². The van der Waals surface area contributed by atoms with Gasteiger partial charge in [0.2, 0.25) is 5.91 Å². The molecule has 1 saturated heterocycles. The monoisotopic (exact) mass is 261 g/mol. The van der Waals surface area contributed by atoms with Gasteiger partial charge in [0.25, 0.3) is 5.91 Å². The van der Waals surface area contributed by atoms with E-state index in [1.54, 1.807) is 30.1 Å². The molecule has 1 atom stereocenters. The van der Waals surface area contributed by atoms with Gasteiger partial charge in [-0.15, -0.1) is 0 Å². The molecule has 102 valence electrons. The third kappa shape index (κ3) is 3.05. The number of likely N-dealkylation sites (tertiary alicyclic amines) is 1. The summed E-state index contributed by atoms with van der Waals surface area (Å²) >= 11 is 0. The van der Waals surface area contributed by atoms with E-state index in [2.05, 4.69) is 5.32 Å². The molecule has 0 aromatic heterocycles. The second kappa shape index (κ2) is 5.30. The molecule has 0 aliphatic carbocycles. The van der Waals surface area contributed by atoms with E-state index >= 15 is 0 Å². The molecule has 1 aromatic rings. The highest BCUT2D eigenvalue weighted by molar-refractivity contribution is 5.95. The first-order valence-corrected chi connectivity index (χ1v) is 6.38. The smallest absolute Gasteiger partial charge is 0.251 e. The zero-order valence-corrected chi connectivity index (χ0v) is 11.3. The summed E-state index contributed by atoms with van der Waals surface area (Å²) in [7, 11) is 1.76. The zero-order valence-electron chi connectivity index (χ0n) is 11.3. The molecule has 5 nitrogen and oxygen atoms in total. The van der Waals surface area contributed by atoms with Gasteiger partial charge >= 0.3 is 0 Å². The summed E-state index contributed by atoms with van der Waals surface area (Å²) < 4.78 is 0. The van der Waals surface area contributed by atoms with Crippen molar-refractivity contribution in [1.82, 2.24) is 10.2 Å². The first-order chi connectivity index (χ1) is 8.97.